The van der Waals surface area contributed by atoms with Crippen LogP contribution in [0.1, 0.15) is 21.5 Å². The van der Waals surface area contributed by atoms with Crippen LogP contribution in [0.15, 0.2) is 34.8 Å². The van der Waals surface area contributed by atoms with Gasteiger partial charge in [0.25, 0.3) is 5.91 Å². The number of amides is 1. The highest BCUT2D eigenvalue weighted by Crippen LogP contribution is 2.28. The number of phenolic OH excluding ortho intramolecular Hbond substituents is 1. The van der Waals surface area contributed by atoms with Gasteiger partial charge in [-0.1, -0.05) is 22.0 Å². The fourth-order valence-electron chi connectivity index (χ4n) is 2.24. The summed E-state index contributed by atoms with van der Waals surface area (Å²) in [5.41, 5.74) is 2.57. The summed E-state index contributed by atoms with van der Waals surface area (Å²) in [6, 6.07) is 8.59. The van der Waals surface area contributed by atoms with Gasteiger partial charge in [0.15, 0.2) is 5.11 Å². The summed E-state index contributed by atoms with van der Waals surface area (Å²) in [6.07, 6.45) is 0. The van der Waals surface area contributed by atoms with E-state index in [-0.39, 0.29) is 10.9 Å². The fraction of sp³-hybridized carbons (Fsp3) is 0.176. The van der Waals surface area contributed by atoms with Gasteiger partial charge >= 0.3 is 0 Å². The maximum atomic E-state index is 12.5. The molecule has 0 spiro atoms. The summed E-state index contributed by atoms with van der Waals surface area (Å²) in [5.74, 6) is 0.130. The van der Waals surface area contributed by atoms with Crippen LogP contribution >= 0.6 is 28.1 Å². The molecule has 0 saturated carbocycles. The minimum Gasteiger partial charge on any atom is -0.506 e. The Morgan fingerprint density at radius 3 is 2.62 bits per heavy atom. The first-order valence-electron chi connectivity index (χ1n) is 7.08. The van der Waals surface area contributed by atoms with E-state index in [2.05, 4.69) is 26.6 Å². The zero-order chi connectivity index (χ0) is 17.9. The number of phenols is 1. The fourth-order valence-corrected chi connectivity index (χ4v) is 3.02. The molecule has 5 nitrogen and oxygen atoms in total. The van der Waals surface area contributed by atoms with E-state index in [1.807, 2.05) is 19.9 Å². The molecule has 1 amide bonds. The van der Waals surface area contributed by atoms with E-state index < -0.39 is 5.91 Å². The number of thiocarbonyl (C=S) groups is 1. The summed E-state index contributed by atoms with van der Waals surface area (Å²) in [7, 11) is 1.51. The lowest BCUT2D eigenvalue weighted by Gasteiger charge is -2.14. The number of aromatic hydroxyl groups is 1. The molecule has 0 unspecified atom stereocenters. The molecule has 0 bridgehead atoms. The molecule has 0 fully saturated rings. The second-order valence-corrected chi connectivity index (χ2v) is 6.56. The average molecular weight is 409 g/mol. The molecule has 0 aliphatic carbocycles. The Morgan fingerprint density at radius 1 is 1.25 bits per heavy atom. The summed E-state index contributed by atoms with van der Waals surface area (Å²) < 4.78 is 6.07. The van der Waals surface area contributed by atoms with Gasteiger partial charge < -0.3 is 15.2 Å². The highest BCUT2D eigenvalue weighted by atomic mass is 79.9. The van der Waals surface area contributed by atoms with Crippen molar-refractivity contribution in [2.75, 3.05) is 12.4 Å². The summed E-state index contributed by atoms with van der Waals surface area (Å²) in [6.45, 7) is 3.74. The van der Waals surface area contributed by atoms with Crippen molar-refractivity contribution in [1.29, 1.82) is 0 Å². The highest BCUT2D eigenvalue weighted by Gasteiger charge is 2.17. The Morgan fingerprint density at radius 2 is 1.96 bits per heavy atom. The molecule has 3 N–H and O–H groups in total. The predicted octanol–water partition coefficient (Wildman–Crippen LogP) is 3.91. The molecule has 0 aromatic heterocycles. The number of hydrogen-bond donors (Lipinski definition) is 3. The predicted molar refractivity (Wildman–Crippen MR) is 102 cm³/mol. The summed E-state index contributed by atoms with van der Waals surface area (Å²) in [4.78, 5) is 12.5. The number of carbonyl (C=O) groups excluding carboxylic acids is 1. The molecule has 7 heteroatoms. The van der Waals surface area contributed by atoms with Crippen LogP contribution in [0.5, 0.6) is 11.5 Å². The van der Waals surface area contributed by atoms with Crippen molar-refractivity contribution in [1.82, 2.24) is 5.32 Å². The zero-order valence-electron chi connectivity index (χ0n) is 13.4. The Labute approximate surface area is 154 Å². The minimum atomic E-state index is -0.402. The normalized spacial score (nSPS) is 10.2. The van der Waals surface area contributed by atoms with Crippen LogP contribution in [0, 0.1) is 13.8 Å². The van der Waals surface area contributed by atoms with Crippen LogP contribution in [0.25, 0.3) is 0 Å². The number of aryl methyl sites for hydroxylation is 2. The monoisotopic (exact) mass is 408 g/mol. The molecular formula is C17H17BrN2O3S. The van der Waals surface area contributed by atoms with E-state index in [1.165, 1.54) is 7.11 Å². The van der Waals surface area contributed by atoms with E-state index in [0.29, 0.717) is 17.0 Å². The van der Waals surface area contributed by atoms with Gasteiger partial charge in [-0.05, 0) is 61.5 Å². The van der Waals surface area contributed by atoms with Crippen LogP contribution in [0.3, 0.4) is 0 Å². The van der Waals surface area contributed by atoms with Gasteiger partial charge in [-0.3, -0.25) is 10.1 Å². The lowest BCUT2D eigenvalue weighted by Crippen LogP contribution is -2.34. The van der Waals surface area contributed by atoms with Crippen LogP contribution in [-0.2, 0) is 0 Å². The van der Waals surface area contributed by atoms with Crippen LogP contribution in [0.4, 0.5) is 5.69 Å². The van der Waals surface area contributed by atoms with Crippen molar-refractivity contribution in [3.8, 4) is 11.5 Å². The molecule has 2 rings (SSSR count). The SMILES string of the molecule is COc1c(C)cc(Br)cc1C(=O)NC(=S)Nc1cc(C)ccc1O. The number of anilines is 1. The quantitative estimate of drug-likeness (QED) is 0.530. The van der Waals surface area contributed by atoms with Crippen molar-refractivity contribution in [2.24, 2.45) is 0 Å². The van der Waals surface area contributed by atoms with Crippen molar-refractivity contribution in [2.45, 2.75) is 13.8 Å². The Balaban J connectivity index is 2.18. The maximum absolute atomic E-state index is 12.5. The number of ether oxygens (including phenoxy) is 1. The van der Waals surface area contributed by atoms with Crippen molar-refractivity contribution in [3.05, 3.63) is 51.5 Å². The van der Waals surface area contributed by atoms with Gasteiger partial charge in [0.2, 0.25) is 0 Å². The first kappa shape index (κ1) is 18.2. The molecule has 0 heterocycles. The van der Waals surface area contributed by atoms with Gasteiger partial charge in [-0.15, -0.1) is 0 Å². The molecule has 2 aromatic carbocycles. The second-order valence-electron chi connectivity index (χ2n) is 5.23. The van der Waals surface area contributed by atoms with E-state index in [1.54, 1.807) is 24.3 Å². The third-order valence-corrected chi connectivity index (χ3v) is 3.98. The van der Waals surface area contributed by atoms with Crippen LogP contribution < -0.4 is 15.4 Å². The van der Waals surface area contributed by atoms with E-state index in [9.17, 15) is 9.90 Å². The van der Waals surface area contributed by atoms with Crippen molar-refractivity contribution < 1.29 is 14.6 Å². The average Bonchev–Trinajstić information content (AvgIpc) is 2.50. The number of hydrogen-bond acceptors (Lipinski definition) is 4. The smallest absolute Gasteiger partial charge is 0.261 e. The van der Waals surface area contributed by atoms with Crippen LogP contribution in [0.2, 0.25) is 0 Å². The van der Waals surface area contributed by atoms with E-state index in [0.717, 1.165) is 15.6 Å². The molecule has 0 aliphatic rings. The number of carbonyl (C=O) groups is 1. The first-order valence-corrected chi connectivity index (χ1v) is 8.28. The number of nitrogens with one attached hydrogen (secondary N) is 2. The number of methoxy groups -OCH3 is 1. The van der Waals surface area contributed by atoms with E-state index >= 15 is 0 Å². The second kappa shape index (κ2) is 7.63. The number of rotatable bonds is 3. The van der Waals surface area contributed by atoms with Crippen molar-refractivity contribution >= 4 is 44.9 Å². The lowest BCUT2D eigenvalue weighted by molar-refractivity contribution is 0.0974. The largest absolute Gasteiger partial charge is 0.506 e. The molecule has 0 saturated heterocycles. The maximum Gasteiger partial charge on any atom is 0.261 e. The molecule has 24 heavy (non-hydrogen) atoms. The number of benzene rings is 2. The highest BCUT2D eigenvalue weighted by molar-refractivity contribution is 9.10. The first-order chi connectivity index (χ1) is 11.3. The third kappa shape index (κ3) is 4.24. The van der Waals surface area contributed by atoms with Crippen LogP contribution in [-0.4, -0.2) is 23.2 Å². The number of halogens is 1. The topological polar surface area (TPSA) is 70.6 Å². The molecule has 126 valence electrons. The lowest BCUT2D eigenvalue weighted by atomic mass is 10.1. The zero-order valence-corrected chi connectivity index (χ0v) is 15.8. The van der Waals surface area contributed by atoms with Crippen molar-refractivity contribution in [3.63, 3.8) is 0 Å². The Hall–Kier alpha value is -2.12. The molecule has 0 radical (unpaired) electrons. The molecular weight excluding hydrogens is 392 g/mol. The van der Waals surface area contributed by atoms with Gasteiger partial charge in [-0.25, -0.2) is 0 Å². The summed E-state index contributed by atoms with van der Waals surface area (Å²) >= 11 is 8.52. The van der Waals surface area contributed by atoms with Gasteiger partial charge in [0.05, 0.1) is 18.4 Å². The van der Waals surface area contributed by atoms with Gasteiger partial charge in [0, 0.05) is 4.47 Å². The molecule has 0 aliphatic heterocycles. The summed E-state index contributed by atoms with van der Waals surface area (Å²) in [5, 5.41) is 15.3. The van der Waals surface area contributed by atoms with Gasteiger partial charge in [0.1, 0.15) is 11.5 Å². The van der Waals surface area contributed by atoms with Gasteiger partial charge in [-0.2, -0.15) is 0 Å². The Kier molecular flexibility index (Phi) is 5.80. The molecule has 2 aromatic rings. The van der Waals surface area contributed by atoms with E-state index in [4.69, 9.17) is 17.0 Å². The standard InChI is InChI=1S/C17H17BrN2O3S/c1-9-4-5-14(21)13(6-9)19-17(24)20-16(22)12-8-11(18)7-10(2)15(12)23-3/h4-8,21H,1-3H3,(H2,19,20,22,24). The third-order valence-electron chi connectivity index (χ3n) is 3.32. The minimum absolute atomic E-state index is 0.0491. The Bertz CT molecular complexity index is 809. The molecule has 0 atom stereocenters.